The molecule has 0 bridgehead atoms. The number of thioether (sulfide) groups is 1. The molecule has 0 saturated carbocycles. The van der Waals surface area contributed by atoms with Crippen LogP contribution in [-0.2, 0) is 4.79 Å². The minimum atomic E-state index is -0.946. The van der Waals surface area contributed by atoms with E-state index in [2.05, 4.69) is 5.32 Å². The van der Waals surface area contributed by atoms with E-state index in [0.717, 1.165) is 17.8 Å². The number of carbonyl (C=O) groups is 2. The minimum Gasteiger partial charge on any atom is -0.493 e. The maximum Gasteiger partial charge on any atom is 0.313 e. The number of rotatable bonds is 10. The largest absolute Gasteiger partial charge is 0.493 e. The molecule has 10 heteroatoms. The summed E-state index contributed by atoms with van der Waals surface area (Å²) in [5, 5.41) is 22.2. The van der Waals surface area contributed by atoms with Gasteiger partial charge in [-0.2, -0.15) is 0 Å². The summed E-state index contributed by atoms with van der Waals surface area (Å²) in [5.41, 5.74) is -0.543. The lowest BCUT2D eigenvalue weighted by atomic mass is 10.1. The first-order valence-electron chi connectivity index (χ1n) is 6.97. The van der Waals surface area contributed by atoms with Crippen LogP contribution in [0.3, 0.4) is 0 Å². The number of ether oxygens (including phenoxy) is 2. The van der Waals surface area contributed by atoms with Gasteiger partial charge >= 0.3 is 5.97 Å². The van der Waals surface area contributed by atoms with Gasteiger partial charge in [0, 0.05) is 18.4 Å². The quantitative estimate of drug-likeness (QED) is 0.366. The number of benzene rings is 1. The third-order valence-electron chi connectivity index (χ3n) is 2.78. The zero-order chi connectivity index (χ0) is 18.1. The van der Waals surface area contributed by atoms with Crippen LogP contribution < -0.4 is 14.8 Å². The molecule has 24 heavy (non-hydrogen) atoms. The first-order chi connectivity index (χ1) is 11.4. The number of nitrogens with zero attached hydrogens (tertiary/aromatic N) is 1. The van der Waals surface area contributed by atoms with Crippen LogP contribution >= 0.6 is 11.8 Å². The highest BCUT2D eigenvalue weighted by Crippen LogP contribution is 2.34. The molecule has 9 nitrogen and oxygen atoms in total. The number of nitrogens with one attached hydrogen (secondary N) is 1. The molecule has 1 aromatic rings. The fourth-order valence-corrected chi connectivity index (χ4v) is 2.37. The second-order valence-electron chi connectivity index (χ2n) is 4.41. The molecule has 1 rings (SSSR count). The molecule has 0 saturated heterocycles. The Bertz CT molecular complexity index is 621. The average Bonchev–Trinajstić information content (AvgIpc) is 2.53. The molecule has 0 aliphatic rings. The average molecular weight is 358 g/mol. The van der Waals surface area contributed by atoms with Crippen LogP contribution in [0.15, 0.2) is 12.1 Å². The molecule has 0 atom stereocenters. The Morgan fingerprint density at radius 1 is 1.38 bits per heavy atom. The summed E-state index contributed by atoms with van der Waals surface area (Å²) in [4.78, 5) is 33.1. The first kappa shape index (κ1) is 19.6. The Kier molecular flexibility index (Phi) is 7.83. The lowest BCUT2D eigenvalue weighted by Crippen LogP contribution is -2.26. The predicted molar refractivity (Wildman–Crippen MR) is 88.1 cm³/mol. The zero-order valence-corrected chi connectivity index (χ0v) is 14.1. The number of hydrogen-bond donors (Lipinski definition) is 2. The van der Waals surface area contributed by atoms with Gasteiger partial charge in [-0.25, -0.2) is 0 Å². The molecular formula is C14H18N2O7S. The monoisotopic (exact) mass is 358 g/mol. The topological polar surface area (TPSA) is 128 Å². The molecule has 0 fully saturated rings. The van der Waals surface area contributed by atoms with Crippen molar-refractivity contribution in [1.29, 1.82) is 0 Å². The van der Waals surface area contributed by atoms with Crippen LogP contribution in [0.4, 0.5) is 5.69 Å². The SMILES string of the molecule is CCOc1cc([N+](=O)[O-])c(C(=O)NCCSCC(=O)O)cc1OC. The number of nitro groups is 1. The van der Waals surface area contributed by atoms with Crippen molar-refractivity contribution in [3.8, 4) is 11.5 Å². The minimum absolute atomic E-state index is 0.0765. The summed E-state index contributed by atoms with van der Waals surface area (Å²) >= 11 is 1.13. The van der Waals surface area contributed by atoms with Gasteiger partial charge in [-0.3, -0.25) is 19.7 Å². The summed E-state index contributed by atoms with van der Waals surface area (Å²) in [5.74, 6) is -0.891. The molecule has 0 aromatic heterocycles. The number of carboxylic acids is 1. The molecule has 1 amide bonds. The third-order valence-corrected chi connectivity index (χ3v) is 3.72. The normalized spacial score (nSPS) is 10.1. The first-order valence-corrected chi connectivity index (χ1v) is 8.13. The number of carbonyl (C=O) groups excluding carboxylic acids is 1. The highest BCUT2D eigenvalue weighted by atomic mass is 32.2. The number of amides is 1. The van der Waals surface area contributed by atoms with Crippen LogP contribution in [0.5, 0.6) is 11.5 Å². The van der Waals surface area contributed by atoms with Gasteiger partial charge < -0.3 is 19.9 Å². The predicted octanol–water partition coefficient (Wildman–Crippen LogP) is 1.55. The van der Waals surface area contributed by atoms with Gasteiger partial charge in [-0.15, -0.1) is 11.8 Å². The summed E-state index contributed by atoms with van der Waals surface area (Å²) in [6.07, 6.45) is 0. The number of hydrogen-bond acceptors (Lipinski definition) is 7. The van der Waals surface area contributed by atoms with Crippen molar-refractivity contribution < 1.29 is 29.1 Å². The highest BCUT2D eigenvalue weighted by Gasteiger charge is 2.24. The van der Waals surface area contributed by atoms with E-state index >= 15 is 0 Å². The van der Waals surface area contributed by atoms with Crippen LogP contribution in [-0.4, -0.2) is 53.7 Å². The van der Waals surface area contributed by atoms with E-state index in [1.54, 1.807) is 6.92 Å². The van der Waals surface area contributed by atoms with Crippen molar-refractivity contribution in [3.63, 3.8) is 0 Å². The fourth-order valence-electron chi connectivity index (χ4n) is 1.80. The highest BCUT2D eigenvalue weighted by molar-refractivity contribution is 7.99. The zero-order valence-electron chi connectivity index (χ0n) is 13.2. The van der Waals surface area contributed by atoms with Crippen molar-refractivity contribution in [2.75, 3.05) is 31.8 Å². The van der Waals surface area contributed by atoms with Crippen molar-refractivity contribution in [2.45, 2.75) is 6.92 Å². The van der Waals surface area contributed by atoms with Gasteiger partial charge in [-0.05, 0) is 6.92 Å². The molecule has 0 aliphatic carbocycles. The number of nitro benzene ring substituents is 1. The maximum absolute atomic E-state index is 12.2. The third kappa shape index (κ3) is 5.61. The van der Waals surface area contributed by atoms with Gasteiger partial charge in [0.25, 0.3) is 11.6 Å². The molecular weight excluding hydrogens is 340 g/mol. The summed E-state index contributed by atoms with van der Waals surface area (Å²) < 4.78 is 10.4. The van der Waals surface area contributed by atoms with Gasteiger partial charge in [-0.1, -0.05) is 0 Å². The van der Waals surface area contributed by atoms with E-state index in [-0.39, 0.29) is 29.4 Å². The molecule has 0 radical (unpaired) electrons. The molecule has 0 unspecified atom stereocenters. The molecule has 2 N–H and O–H groups in total. The van der Waals surface area contributed by atoms with E-state index in [1.807, 2.05) is 0 Å². The van der Waals surface area contributed by atoms with Crippen molar-refractivity contribution in [1.82, 2.24) is 5.32 Å². The van der Waals surface area contributed by atoms with Crippen LogP contribution in [0.25, 0.3) is 0 Å². The number of aliphatic carboxylic acids is 1. The van der Waals surface area contributed by atoms with Gasteiger partial charge in [0.05, 0.1) is 30.5 Å². The number of carboxylic acid groups (broad SMARTS) is 1. The Labute approximate surface area is 142 Å². The molecule has 1 aromatic carbocycles. The Morgan fingerprint density at radius 3 is 2.62 bits per heavy atom. The van der Waals surface area contributed by atoms with E-state index < -0.39 is 22.5 Å². The lowest BCUT2D eigenvalue weighted by molar-refractivity contribution is -0.385. The van der Waals surface area contributed by atoms with E-state index in [1.165, 1.54) is 13.2 Å². The molecule has 0 aliphatic heterocycles. The van der Waals surface area contributed by atoms with Crippen LogP contribution in [0.2, 0.25) is 0 Å². The standard InChI is InChI=1S/C14H18N2O7S/c1-3-23-12-7-10(16(20)21)9(6-11(12)22-2)14(19)15-4-5-24-8-13(17)18/h6-7H,3-5,8H2,1-2H3,(H,15,19)(H,17,18). The summed E-state index contributed by atoms with van der Waals surface area (Å²) in [6.45, 7) is 2.20. The Hall–Kier alpha value is -2.49. The van der Waals surface area contributed by atoms with Gasteiger partial charge in [0.2, 0.25) is 0 Å². The van der Waals surface area contributed by atoms with Gasteiger partial charge in [0.15, 0.2) is 11.5 Å². The van der Waals surface area contributed by atoms with E-state index in [0.29, 0.717) is 12.4 Å². The molecule has 132 valence electrons. The van der Waals surface area contributed by atoms with Crippen molar-refractivity contribution in [3.05, 3.63) is 27.8 Å². The summed E-state index contributed by atoms with van der Waals surface area (Å²) in [6, 6.07) is 2.40. The smallest absolute Gasteiger partial charge is 0.313 e. The van der Waals surface area contributed by atoms with Crippen molar-refractivity contribution in [2.24, 2.45) is 0 Å². The number of methoxy groups -OCH3 is 1. The van der Waals surface area contributed by atoms with E-state index in [4.69, 9.17) is 14.6 Å². The summed E-state index contributed by atoms with van der Waals surface area (Å²) in [7, 11) is 1.37. The Morgan fingerprint density at radius 2 is 2.08 bits per heavy atom. The maximum atomic E-state index is 12.2. The second-order valence-corrected chi connectivity index (χ2v) is 5.52. The van der Waals surface area contributed by atoms with Crippen molar-refractivity contribution >= 4 is 29.3 Å². The van der Waals surface area contributed by atoms with Crippen LogP contribution in [0, 0.1) is 10.1 Å². The fraction of sp³-hybridized carbons (Fsp3) is 0.429. The van der Waals surface area contributed by atoms with E-state index in [9.17, 15) is 19.7 Å². The second kappa shape index (κ2) is 9.60. The van der Waals surface area contributed by atoms with Gasteiger partial charge in [0.1, 0.15) is 5.56 Å². The molecule has 0 spiro atoms. The Balaban J connectivity index is 2.89. The molecule has 0 heterocycles. The lowest BCUT2D eigenvalue weighted by Gasteiger charge is -2.12. The van der Waals surface area contributed by atoms with Crippen LogP contribution in [0.1, 0.15) is 17.3 Å².